The highest BCUT2D eigenvalue weighted by Gasteiger charge is 2.00. The van der Waals surface area contributed by atoms with Crippen molar-refractivity contribution in [1.82, 2.24) is 0 Å². The van der Waals surface area contributed by atoms with Gasteiger partial charge in [0, 0.05) is 23.5 Å². The van der Waals surface area contributed by atoms with Gasteiger partial charge < -0.3 is 10.1 Å². The van der Waals surface area contributed by atoms with Gasteiger partial charge in [-0.3, -0.25) is 4.79 Å². The molecule has 1 N–H and O–H groups in total. The Balaban J connectivity index is 2.08. The first-order valence-electron chi connectivity index (χ1n) is 6.79. The van der Waals surface area contributed by atoms with E-state index in [0.29, 0.717) is 13.0 Å². The number of esters is 1. The van der Waals surface area contributed by atoms with E-state index < -0.39 is 0 Å². The number of hydrogen-bond acceptors (Lipinski definition) is 4. The van der Waals surface area contributed by atoms with Gasteiger partial charge in [-0.15, -0.1) is 11.8 Å². The summed E-state index contributed by atoms with van der Waals surface area (Å²) in [5.41, 5.74) is 1.16. The molecule has 0 aromatic heterocycles. The summed E-state index contributed by atoms with van der Waals surface area (Å²) in [6.07, 6.45) is 5.65. The van der Waals surface area contributed by atoms with E-state index in [9.17, 15) is 4.79 Å². The van der Waals surface area contributed by atoms with Crippen LogP contribution in [-0.4, -0.2) is 25.4 Å². The summed E-state index contributed by atoms with van der Waals surface area (Å²) < 4.78 is 4.89. The summed E-state index contributed by atoms with van der Waals surface area (Å²) in [6.45, 7) is 3.26. The normalized spacial score (nSPS) is 10.2. The van der Waals surface area contributed by atoms with Crippen molar-refractivity contribution >= 4 is 23.4 Å². The molecule has 1 aromatic carbocycles. The zero-order valence-corrected chi connectivity index (χ0v) is 12.6. The Morgan fingerprint density at radius 1 is 1.32 bits per heavy atom. The summed E-state index contributed by atoms with van der Waals surface area (Å²) in [6, 6.07) is 8.41. The lowest BCUT2D eigenvalue weighted by molar-refractivity contribution is -0.143. The Kier molecular flexibility index (Phi) is 8.14. The first-order valence-corrected chi connectivity index (χ1v) is 8.02. The van der Waals surface area contributed by atoms with Gasteiger partial charge in [0.2, 0.25) is 0 Å². The molecule has 0 bridgehead atoms. The second kappa shape index (κ2) is 9.73. The highest BCUT2D eigenvalue weighted by molar-refractivity contribution is 7.98. The van der Waals surface area contributed by atoms with Gasteiger partial charge in [-0.2, -0.15) is 0 Å². The summed E-state index contributed by atoms with van der Waals surface area (Å²) in [7, 11) is 0. The van der Waals surface area contributed by atoms with E-state index in [-0.39, 0.29) is 5.97 Å². The Morgan fingerprint density at radius 3 is 2.89 bits per heavy atom. The molecule has 19 heavy (non-hydrogen) atoms. The van der Waals surface area contributed by atoms with Gasteiger partial charge in [0.25, 0.3) is 0 Å². The van der Waals surface area contributed by atoms with E-state index >= 15 is 0 Å². The minimum Gasteiger partial charge on any atom is -0.466 e. The lowest BCUT2D eigenvalue weighted by Crippen LogP contribution is -2.05. The van der Waals surface area contributed by atoms with E-state index in [4.69, 9.17) is 4.74 Å². The van der Waals surface area contributed by atoms with Crippen LogP contribution in [0.15, 0.2) is 29.2 Å². The van der Waals surface area contributed by atoms with Crippen molar-refractivity contribution in [2.75, 3.05) is 24.7 Å². The van der Waals surface area contributed by atoms with Gasteiger partial charge in [-0.25, -0.2) is 0 Å². The smallest absolute Gasteiger partial charge is 0.305 e. The molecule has 106 valence electrons. The van der Waals surface area contributed by atoms with Gasteiger partial charge in [-0.05, 0) is 44.2 Å². The number of benzene rings is 1. The third-order valence-electron chi connectivity index (χ3n) is 2.76. The quantitative estimate of drug-likeness (QED) is 0.422. The van der Waals surface area contributed by atoms with Crippen molar-refractivity contribution in [3.63, 3.8) is 0 Å². The maximum Gasteiger partial charge on any atom is 0.305 e. The standard InChI is InChI=1S/C15H23NO2S/c1-3-18-15(17)10-5-4-6-11-16-13-8-7-9-14(12-13)19-2/h7-9,12,16H,3-6,10-11H2,1-2H3. The lowest BCUT2D eigenvalue weighted by atomic mass is 10.2. The van der Waals surface area contributed by atoms with E-state index in [0.717, 1.165) is 31.5 Å². The summed E-state index contributed by atoms with van der Waals surface area (Å²) >= 11 is 1.75. The third kappa shape index (κ3) is 7.11. The molecule has 1 rings (SSSR count). The number of ether oxygens (including phenoxy) is 1. The largest absolute Gasteiger partial charge is 0.466 e. The summed E-state index contributed by atoms with van der Waals surface area (Å²) in [5.74, 6) is -0.0804. The summed E-state index contributed by atoms with van der Waals surface area (Å²) in [5, 5.41) is 3.40. The van der Waals surface area contributed by atoms with Crippen LogP contribution in [0.25, 0.3) is 0 Å². The number of nitrogens with one attached hydrogen (secondary N) is 1. The Hall–Kier alpha value is -1.16. The number of carbonyl (C=O) groups excluding carboxylic acids is 1. The molecule has 0 atom stereocenters. The number of thioether (sulfide) groups is 1. The Morgan fingerprint density at radius 2 is 2.16 bits per heavy atom. The first kappa shape index (κ1) is 15.9. The topological polar surface area (TPSA) is 38.3 Å². The molecule has 0 unspecified atom stereocenters. The minimum absolute atomic E-state index is 0.0804. The molecule has 0 aliphatic rings. The SMILES string of the molecule is CCOC(=O)CCCCCNc1cccc(SC)c1. The average molecular weight is 281 g/mol. The molecule has 0 saturated carbocycles. The van der Waals surface area contributed by atoms with Crippen LogP contribution >= 0.6 is 11.8 Å². The van der Waals surface area contributed by atoms with Crippen molar-refractivity contribution in [1.29, 1.82) is 0 Å². The average Bonchev–Trinajstić information content (AvgIpc) is 2.43. The van der Waals surface area contributed by atoms with Crippen LogP contribution < -0.4 is 5.32 Å². The predicted molar refractivity (Wildman–Crippen MR) is 81.8 cm³/mol. The number of unbranched alkanes of at least 4 members (excludes halogenated alkanes) is 2. The minimum atomic E-state index is -0.0804. The number of rotatable bonds is 9. The molecule has 0 heterocycles. The monoisotopic (exact) mass is 281 g/mol. The van der Waals surface area contributed by atoms with Gasteiger partial charge in [0.1, 0.15) is 0 Å². The molecule has 4 heteroatoms. The maximum absolute atomic E-state index is 11.1. The Bertz CT molecular complexity index is 382. The number of carbonyl (C=O) groups is 1. The number of hydrogen-bond donors (Lipinski definition) is 1. The van der Waals surface area contributed by atoms with Gasteiger partial charge in [0.15, 0.2) is 0 Å². The van der Waals surface area contributed by atoms with Crippen molar-refractivity contribution in [3.05, 3.63) is 24.3 Å². The van der Waals surface area contributed by atoms with E-state index in [2.05, 4.69) is 35.8 Å². The van der Waals surface area contributed by atoms with Crippen LogP contribution in [0, 0.1) is 0 Å². The molecule has 0 fully saturated rings. The van der Waals surface area contributed by atoms with Crippen molar-refractivity contribution in [2.45, 2.75) is 37.5 Å². The molecule has 1 aromatic rings. The maximum atomic E-state index is 11.1. The molecular formula is C15H23NO2S. The number of anilines is 1. The molecule has 0 radical (unpaired) electrons. The van der Waals surface area contributed by atoms with Gasteiger partial charge >= 0.3 is 5.97 Å². The molecule has 0 amide bonds. The van der Waals surface area contributed by atoms with Crippen LogP contribution in [0.5, 0.6) is 0 Å². The highest BCUT2D eigenvalue weighted by Crippen LogP contribution is 2.18. The van der Waals surface area contributed by atoms with Crippen molar-refractivity contribution in [2.24, 2.45) is 0 Å². The van der Waals surface area contributed by atoms with Gasteiger partial charge in [0.05, 0.1) is 6.61 Å². The molecule has 0 saturated heterocycles. The fourth-order valence-corrected chi connectivity index (χ4v) is 2.23. The van der Waals surface area contributed by atoms with Crippen LogP contribution in [0.2, 0.25) is 0 Å². The fourth-order valence-electron chi connectivity index (χ4n) is 1.77. The van der Waals surface area contributed by atoms with E-state index in [1.807, 2.05) is 6.92 Å². The molecule has 3 nitrogen and oxygen atoms in total. The van der Waals surface area contributed by atoms with Crippen molar-refractivity contribution in [3.8, 4) is 0 Å². The zero-order chi connectivity index (χ0) is 13.9. The van der Waals surface area contributed by atoms with Gasteiger partial charge in [-0.1, -0.05) is 12.5 Å². The molecule has 0 aliphatic heterocycles. The van der Waals surface area contributed by atoms with E-state index in [1.165, 1.54) is 4.90 Å². The highest BCUT2D eigenvalue weighted by atomic mass is 32.2. The van der Waals surface area contributed by atoms with Crippen LogP contribution in [0.1, 0.15) is 32.6 Å². The molecule has 0 aliphatic carbocycles. The van der Waals surface area contributed by atoms with Crippen LogP contribution in [-0.2, 0) is 9.53 Å². The van der Waals surface area contributed by atoms with Crippen LogP contribution in [0.3, 0.4) is 0 Å². The Labute approximate surface area is 120 Å². The second-order valence-electron chi connectivity index (χ2n) is 4.27. The van der Waals surface area contributed by atoms with Crippen molar-refractivity contribution < 1.29 is 9.53 Å². The first-order chi connectivity index (χ1) is 9.26. The van der Waals surface area contributed by atoms with E-state index in [1.54, 1.807) is 11.8 Å². The van der Waals surface area contributed by atoms with Crippen LogP contribution in [0.4, 0.5) is 5.69 Å². The molecular weight excluding hydrogens is 258 g/mol. The predicted octanol–water partition coefficient (Wildman–Crippen LogP) is 3.94. The fraction of sp³-hybridized carbons (Fsp3) is 0.533. The molecule has 0 spiro atoms. The lowest BCUT2D eigenvalue weighted by Gasteiger charge is -2.07. The zero-order valence-electron chi connectivity index (χ0n) is 11.8. The summed E-state index contributed by atoms with van der Waals surface area (Å²) in [4.78, 5) is 12.4. The third-order valence-corrected chi connectivity index (χ3v) is 3.49. The second-order valence-corrected chi connectivity index (χ2v) is 5.15.